The van der Waals surface area contributed by atoms with Crippen LogP contribution in [0, 0.1) is 0 Å². The number of piperidine rings is 1. The summed E-state index contributed by atoms with van der Waals surface area (Å²) in [7, 11) is 0. The fourth-order valence-electron chi connectivity index (χ4n) is 1.62. The minimum absolute atomic E-state index is 0.157. The molecule has 2 rings (SSSR count). The second-order valence-corrected chi connectivity index (χ2v) is 4.50. The van der Waals surface area contributed by atoms with Crippen LogP contribution >= 0.6 is 15.9 Å². The first-order valence-electron chi connectivity index (χ1n) is 4.89. The van der Waals surface area contributed by atoms with Crippen molar-refractivity contribution in [3.05, 3.63) is 10.8 Å². The lowest BCUT2D eigenvalue weighted by Crippen LogP contribution is -2.40. The average Bonchev–Trinajstić information content (AvgIpc) is 2.22. The number of aromatic nitrogens is 2. The predicted octanol–water partition coefficient (Wildman–Crippen LogP) is 2.06. The molecule has 1 aromatic rings. The van der Waals surface area contributed by atoms with E-state index in [1.54, 1.807) is 4.90 Å². The maximum Gasteiger partial charge on any atom is 0.251 e. The highest BCUT2D eigenvalue weighted by molar-refractivity contribution is 9.10. The highest BCUT2D eigenvalue weighted by Gasteiger charge is 2.35. The maximum atomic E-state index is 13.0. The molecule has 2 heterocycles. The number of nitrogen functional groups attached to an aromatic ring is 1. The van der Waals surface area contributed by atoms with E-state index in [4.69, 9.17) is 5.73 Å². The summed E-state index contributed by atoms with van der Waals surface area (Å²) >= 11 is 3.24. The van der Waals surface area contributed by atoms with Gasteiger partial charge in [-0.05, 0) is 15.9 Å². The van der Waals surface area contributed by atoms with Crippen molar-refractivity contribution >= 4 is 27.6 Å². The molecule has 0 unspecified atom stereocenters. The molecule has 1 fully saturated rings. The van der Waals surface area contributed by atoms with Gasteiger partial charge in [-0.15, -0.1) is 0 Å². The van der Waals surface area contributed by atoms with E-state index in [-0.39, 0.29) is 31.7 Å². The SMILES string of the molecule is Nc1cnc(Br)c(N2CCC(F)(F)CC2)n1. The topological polar surface area (TPSA) is 55.0 Å². The predicted molar refractivity (Wildman–Crippen MR) is 60.5 cm³/mol. The Morgan fingerprint density at radius 2 is 2.00 bits per heavy atom. The molecule has 0 spiro atoms. The fraction of sp³-hybridized carbons (Fsp3) is 0.556. The van der Waals surface area contributed by atoms with Crippen LogP contribution < -0.4 is 10.6 Å². The van der Waals surface area contributed by atoms with E-state index in [9.17, 15) is 8.78 Å². The summed E-state index contributed by atoms with van der Waals surface area (Å²) in [6.45, 7) is 0.535. The second-order valence-electron chi connectivity index (χ2n) is 3.75. The minimum Gasteiger partial charge on any atom is -0.382 e. The van der Waals surface area contributed by atoms with Crippen LogP contribution in [-0.4, -0.2) is 29.0 Å². The van der Waals surface area contributed by atoms with Gasteiger partial charge in [-0.2, -0.15) is 0 Å². The van der Waals surface area contributed by atoms with E-state index in [2.05, 4.69) is 25.9 Å². The standard InChI is InChI=1S/C9H11BrF2N4/c10-7-8(15-6(13)5-14-7)16-3-1-9(11,12)2-4-16/h5H,1-4H2,(H2,13,15). The van der Waals surface area contributed by atoms with Crippen LogP contribution in [0.4, 0.5) is 20.4 Å². The summed E-state index contributed by atoms with van der Waals surface area (Å²) in [4.78, 5) is 9.85. The van der Waals surface area contributed by atoms with Crippen LogP contribution in [0.25, 0.3) is 0 Å². The Kier molecular flexibility index (Phi) is 2.96. The van der Waals surface area contributed by atoms with Gasteiger partial charge in [0.1, 0.15) is 10.4 Å². The molecule has 0 aliphatic carbocycles. The number of nitrogens with zero attached hydrogens (tertiary/aromatic N) is 3. The summed E-state index contributed by atoms with van der Waals surface area (Å²) < 4.78 is 26.5. The molecule has 7 heteroatoms. The first kappa shape index (κ1) is 11.5. The smallest absolute Gasteiger partial charge is 0.251 e. The Bertz CT molecular complexity index is 389. The number of hydrogen-bond donors (Lipinski definition) is 1. The number of hydrogen-bond acceptors (Lipinski definition) is 4. The van der Waals surface area contributed by atoms with Crippen LogP contribution in [0.15, 0.2) is 10.8 Å². The Morgan fingerprint density at radius 1 is 1.38 bits per heavy atom. The Morgan fingerprint density at radius 3 is 2.62 bits per heavy atom. The van der Waals surface area contributed by atoms with Gasteiger partial charge in [-0.3, -0.25) is 0 Å². The Labute approximate surface area is 100.0 Å². The number of alkyl halides is 2. The van der Waals surface area contributed by atoms with Crippen LogP contribution in [0.5, 0.6) is 0 Å². The zero-order valence-electron chi connectivity index (χ0n) is 8.46. The second kappa shape index (κ2) is 4.12. The zero-order valence-corrected chi connectivity index (χ0v) is 10.0. The Hall–Kier alpha value is -0.980. The van der Waals surface area contributed by atoms with Gasteiger partial charge in [0.15, 0.2) is 5.82 Å². The fourth-order valence-corrected chi connectivity index (χ4v) is 2.07. The highest BCUT2D eigenvalue weighted by Crippen LogP contribution is 2.32. The molecule has 1 aromatic heterocycles. The van der Waals surface area contributed by atoms with Crippen LogP contribution in [0.2, 0.25) is 0 Å². The van der Waals surface area contributed by atoms with Crippen LogP contribution in [-0.2, 0) is 0 Å². The minimum atomic E-state index is -2.56. The normalized spacial score (nSPS) is 19.8. The molecule has 0 radical (unpaired) electrons. The summed E-state index contributed by atoms with van der Waals surface area (Å²) in [6, 6.07) is 0. The van der Waals surface area contributed by atoms with Gasteiger partial charge >= 0.3 is 0 Å². The van der Waals surface area contributed by atoms with Gasteiger partial charge in [0.2, 0.25) is 0 Å². The van der Waals surface area contributed by atoms with E-state index >= 15 is 0 Å². The van der Waals surface area contributed by atoms with Crippen molar-refractivity contribution in [2.75, 3.05) is 23.7 Å². The molecule has 0 saturated carbocycles. The summed E-state index contributed by atoms with van der Waals surface area (Å²) in [5.41, 5.74) is 5.52. The lowest BCUT2D eigenvalue weighted by Gasteiger charge is -2.32. The van der Waals surface area contributed by atoms with Crippen molar-refractivity contribution in [1.82, 2.24) is 9.97 Å². The molecule has 0 bridgehead atoms. The quantitative estimate of drug-likeness (QED) is 0.861. The largest absolute Gasteiger partial charge is 0.382 e. The number of rotatable bonds is 1. The van der Waals surface area contributed by atoms with Crippen molar-refractivity contribution in [3.8, 4) is 0 Å². The van der Waals surface area contributed by atoms with Crippen LogP contribution in [0.1, 0.15) is 12.8 Å². The Balaban J connectivity index is 2.17. The molecule has 0 amide bonds. The van der Waals surface area contributed by atoms with Gasteiger partial charge < -0.3 is 10.6 Å². The molecule has 16 heavy (non-hydrogen) atoms. The van der Waals surface area contributed by atoms with Crippen molar-refractivity contribution in [3.63, 3.8) is 0 Å². The van der Waals surface area contributed by atoms with E-state index in [1.807, 2.05) is 0 Å². The molecule has 0 aromatic carbocycles. The maximum absolute atomic E-state index is 13.0. The zero-order chi connectivity index (χ0) is 11.8. The van der Waals surface area contributed by atoms with Crippen molar-refractivity contribution in [2.45, 2.75) is 18.8 Å². The molecule has 0 atom stereocenters. The molecule has 1 saturated heterocycles. The number of anilines is 2. The molecule has 1 aliphatic rings. The van der Waals surface area contributed by atoms with Gasteiger partial charge in [-0.25, -0.2) is 18.7 Å². The summed E-state index contributed by atoms with van der Waals surface area (Å²) in [5.74, 6) is -1.73. The van der Waals surface area contributed by atoms with Crippen molar-refractivity contribution in [2.24, 2.45) is 0 Å². The first-order valence-corrected chi connectivity index (χ1v) is 5.68. The first-order chi connectivity index (χ1) is 7.48. The van der Waals surface area contributed by atoms with Crippen molar-refractivity contribution in [1.29, 1.82) is 0 Å². The third-order valence-electron chi connectivity index (χ3n) is 2.52. The van der Waals surface area contributed by atoms with Gasteiger partial charge in [0.25, 0.3) is 5.92 Å². The number of halogens is 3. The highest BCUT2D eigenvalue weighted by atomic mass is 79.9. The molecule has 1 aliphatic heterocycles. The van der Waals surface area contributed by atoms with Crippen molar-refractivity contribution < 1.29 is 8.78 Å². The molecular formula is C9H11BrF2N4. The molecule has 4 nitrogen and oxygen atoms in total. The molecule has 88 valence electrons. The third kappa shape index (κ3) is 2.40. The average molecular weight is 293 g/mol. The lowest BCUT2D eigenvalue weighted by atomic mass is 10.1. The van der Waals surface area contributed by atoms with Gasteiger partial charge in [0, 0.05) is 25.9 Å². The van der Waals surface area contributed by atoms with Gasteiger partial charge in [-0.1, -0.05) is 0 Å². The molecule has 2 N–H and O–H groups in total. The van der Waals surface area contributed by atoms with E-state index in [0.29, 0.717) is 10.4 Å². The third-order valence-corrected chi connectivity index (χ3v) is 3.08. The van der Waals surface area contributed by atoms with E-state index in [1.165, 1.54) is 6.20 Å². The van der Waals surface area contributed by atoms with E-state index < -0.39 is 5.92 Å². The monoisotopic (exact) mass is 292 g/mol. The van der Waals surface area contributed by atoms with Gasteiger partial charge in [0.05, 0.1) is 6.20 Å². The number of nitrogens with two attached hydrogens (primary N) is 1. The molecular weight excluding hydrogens is 282 g/mol. The van der Waals surface area contributed by atoms with Crippen LogP contribution in [0.3, 0.4) is 0 Å². The summed E-state index contributed by atoms with van der Waals surface area (Å²) in [6.07, 6.45) is 1.11. The lowest BCUT2D eigenvalue weighted by molar-refractivity contribution is -0.0221. The summed E-state index contributed by atoms with van der Waals surface area (Å²) in [5, 5.41) is 0. The van der Waals surface area contributed by atoms with E-state index in [0.717, 1.165) is 0 Å².